The average Bonchev–Trinajstić information content (AvgIpc) is 2.93. The number of fused-ring (bicyclic) bond motifs is 1. The van der Waals surface area contributed by atoms with Crippen molar-refractivity contribution in [1.82, 2.24) is 14.5 Å². The molecular weight excluding hydrogens is 234 g/mol. The molecule has 86 valence electrons. The second-order valence-electron chi connectivity index (χ2n) is 3.70. The molecule has 4 nitrogen and oxygen atoms in total. The molecule has 0 aliphatic heterocycles. The monoisotopic (exact) mass is 245 g/mol. The Morgan fingerprint density at radius 3 is 2.88 bits per heavy atom. The summed E-state index contributed by atoms with van der Waals surface area (Å²) < 4.78 is 8.39. The standard InChI is InChI=1S/C12H11N3OS/c1-15-6-5-14-12(15)10-7-8-11(17-10)9(16-2)3-4-13-8/h3-7H,1-2H3. The molecule has 0 radical (unpaired) electrons. The van der Waals surface area contributed by atoms with E-state index in [-0.39, 0.29) is 0 Å². The third kappa shape index (κ3) is 1.59. The van der Waals surface area contributed by atoms with Gasteiger partial charge >= 0.3 is 0 Å². The molecule has 0 aliphatic rings. The highest BCUT2D eigenvalue weighted by atomic mass is 32.1. The smallest absolute Gasteiger partial charge is 0.149 e. The zero-order valence-electron chi connectivity index (χ0n) is 9.54. The van der Waals surface area contributed by atoms with Gasteiger partial charge in [0.05, 0.1) is 22.2 Å². The SMILES string of the molecule is COc1ccnc2cc(-c3nccn3C)sc12. The summed E-state index contributed by atoms with van der Waals surface area (Å²) in [6.07, 6.45) is 5.49. The van der Waals surface area contributed by atoms with Crippen molar-refractivity contribution in [3.8, 4) is 16.5 Å². The molecule has 0 unspecified atom stereocenters. The van der Waals surface area contributed by atoms with E-state index in [1.165, 1.54) is 0 Å². The second kappa shape index (κ2) is 3.85. The van der Waals surface area contributed by atoms with Gasteiger partial charge in [0.15, 0.2) is 0 Å². The number of aryl methyl sites for hydroxylation is 1. The fourth-order valence-electron chi connectivity index (χ4n) is 1.79. The van der Waals surface area contributed by atoms with Crippen LogP contribution in [0.5, 0.6) is 5.75 Å². The van der Waals surface area contributed by atoms with E-state index >= 15 is 0 Å². The highest BCUT2D eigenvalue weighted by molar-refractivity contribution is 7.22. The van der Waals surface area contributed by atoms with Gasteiger partial charge in [0.25, 0.3) is 0 Å². The summed E-state index contributed by atoms with van der Waals surface area (Å²) in [5.41, 5.74) is 0.951. The van der Waals surface area contributed by atoms with E-state index in [0.29, 0.717) is 0 Å². The van der Waals surface area contributed by atoms with Gasteiger partial charge in [-0.3, -0.25) is 4.98 Å². The molecule has 3 aromatic heterocycles. The van der Waals surface area contributed by atoms with Crippen LogP contribution >= 0.6 is 11.3 Å². The number of thiophene rings is 1. The van der Waals surface area contributed by atoms with Gasteiger partial charge in [0.2, 0.25) is 0 Å². The van der Waals surface area contributed by atoms with Gasteiger partial charge < -0.3 is 9.30 Å². The number of ether oxygens (including phenoxy) is 1. The lowest BCUT2D eigenvalue weighted by atomic mass is 10.3. The maximum absolute atomic E-state index is 5.33. The molecule has 0 spiro atoms. The van der Waals surface area contributed by atoms with E-state index < -0.39 is 0 Å². The molecule has 0 saturated heterocycles. The third-order valence-electron chi connectivity index (χ3n) is 2.64. The Balaban J connectivity index is 2.24. The summed E-state index contributed by atoms with van der Waals surface area (Å²) in [4.78, 5) is 9.79. The van der Waals surface area contributed by atoms with Crippen LogP contribution in [0, 0.1) is 0 Å². The predicted molar refractivity (Wildman–Crippen MR) is 68.4 cm³/mol. The van der Waals surface area contributed by atoms with Crippen LogP contribution in [0.25, 0.3) is 20.9 Å². The van der Waals surface area contributed by atoms with Crippen LogP contribution in [-0.4, -0.2) is 21.6 Å². The van der Waals surface area contributed by atoms with Crippen molar-refractivity contribution in [2.24, 2.45) is 7.05 Å². The first kappa shape index (κ1) is 10.3. The van der Waals surface area contributed by atoms with Gasteiger partial charge in [0, 0.05) is 25.6 Å². The lowest BCUT2D eigenvalue weighted by molar-refractivity contribution is 0.420. The Labute approximate surface area is 103 Å². The molecule has 0 amide bonds. The molecule has 0 aromatic carbocycles. The van der Waals surface area contributed by atoms with Crippen molar-refractivity contribution in [1.29, 1.82) is 0 Å². The summed E-state index contributed by atoms with van der Waals surface area (Å²) >= 11 is 1.65. The number of hydrogen-bond acceptors (Lipinski definition) is 4. The zero-order valence-corrected chi connectivity index (χ0v) is 10.4. The summed E-state index contributed by atoms with van der Waals surface area (Å²) in [7, 11) is 3.66. The van der Waals surface area contributed by atoms with Crippen LogP contribution in [0.4, 0.5) is 0 Å². The van der Waals surface area contributed by atoms with Gasteiger partial charge in [0.1, 0.15) is 11.6 Å². The normalized spacial score (nSPS) is 10.9. The summed E-state index contributed by atoms with van der Waals surface area (Å²) in [5, 5.41) is 0. The first-order chi connectivity index (χ1) is 8.29. The number of aromatic nitrogens is 3. The molecular formula is C12H11N3OS. The van der Waals surface area contributed by atoms with Crippen molar-refractivity contribution in [2.75, 3.05) is 7.11 Å². The first-order valence-corrected chi connectivity index (χ1v) is 6.01. The highest BCUT2D eigenvalue weighted by Gasteiger charge is 2.11. The van der Waals surface area contributed by atoms with E-state index in [4.69, 9.17) is 4.74 Å². The lowest BCUT2D eigenvalue weighted by Crippen LogP contribution is -1.87. The maximum atomic E-state index is 5.33. The third-order valence-corrected chi connectivity index (χ3v) is 3.77. The topological polar surface area (TPSA) is 39.9 Å². The van der Waals surface area contributed by atoms with Gasteiger partial charge in [-0.15, -0.1) is 11.3 Å². The molecule has 5 heteroatoms. The van der Waals surface area contributed by atoms with Crippen LogP contribution in [0.2, 0.25) is 0 Å². The van der Waals surface area contributed by atoms with E-state index in [1.54, 1.807) is 30.8 Å². The Hall–Kier alpha value is -1.88. The van der Waals surface area contributed by atoms with Crippen molar-refractivity contribution in [2.45, 2.75) is 0 Å². The molecule has 3 aromatic rings. The van der Waals surface area contributed by atoms with Crippen LogP contribution in [0.3, 0.4) is 0 Å². The summed E-state index contributed by atoms with van der Waals surface area (Å²) in [6.45, 7) is 0. The number of nitrogens with zero attached hydrogens (tertiary/aromatic N) is 3. The number of rotatable bonds is 2. The molecule has 17 heavy (non-hydrogen) atoms. The Kier molecular flexibility index (Phi) is 2.33. The highest BCUT2D eigenvalue weighted by Crippen LogP contribution is 2.36. The van der Waals surface area contributed by atoms with Gasteiger partial charge in [-0.1, -0.05) is 0 Å². The Morgan fingerprint density at radius 1 is 1.29 bits per heavy atom. The van der Waals surface area contributed by atoms with Crippen LogP contribution in [-0.2, 0) is 7.05 Å². The number of pyridine rings is 1. The zero-order chi connectivity index (χ0) is 11.8. The molecule has 3 heterocycles. The van der Waals surface area contributed by atoms with Crippen LogP contribution < -0.4 is 4.74 Å². The molecule has 0 atom stereocenters. The Morgan fingerprint density at radius 2 is 2.18 bits per heavy atom. The lowest BCUT2D eigenvalue weighted by Gasteiger charge is -1.98. The predicted octanol–water partition coefficient (Wildman–Crippen LogP) is 2.71. The minimum Gasteiger partial charge on any atom is -0.495 e. The second-order valence-corrected chi connectivity index (χ2v) is 4.75. The van der Waals surface area contributed by atoms with E-state index in [0.717, 1.165) is 26.7 Å². The molecule has 0 bridgehead atoms. The number of imidazole rings is 1. The van der Waals surface area contributed by atoms with Gasteiger partial charge in [-0.25, -0.2) is 4.98 Å². The summed E-state index contributed by atoms with van der Waals surface area (Å²) in [5.74, 6) is 1.82. The fourth-order valence-corrected chi connectivity index (χ4v) is 2.94. The van der Waals surface area contributed by atoms with Crippen molar-refractivity contribution >= 4 is 21.6 Å². The quantitative estimate of drug-likeness (QED) is 0.697. The molecule has 3 rings (SSSR count). The maximum Gasteiger partial charge on any atom is 0.149 e. The number of methoxy groups -OCH3 is 1. The molecule has 0 aliphatic carbocycles. The van der Waals surface area contributed by atoms with Gasteiger partial charge in [-0.05, 0) is 12.1 Å². The van der Waals surface area contributed by atoms with Gasteiger partial charge in [-0.2, -0.15) is 0 Å². The fraction of sp³-hybridized carbons (Fsp3) is 0.167. The van der Waals surface area contributed by atoms with Crippen LogP contribution in [0.1, 0.15) is 0 Å². The van der Waals surface area contributed by atoms with Crippen molar-refractivity contribution < 1.29 is 4.74 Å². The minimum atomic E-state index is 0.862. The average molecular weight is 245 g/mol. The van der Waals surface area contributed by atoms with E-state index in [1.807, 2.05) is 29.9 Å². The number of hydrogen-bond donors (Lipinski definition) is 0. The minimum absolute atomic E-state index is 0.862. The first-order valence-electron chi connectivity index (χ1n) is 5.20. The van der Waals surface area contributed by atoms with E-state index in [9.17, 15) is 0 Å². The molecule has 0 N–H and O–H groups in total. The van der Waals surface area contributed by atoms with Crippen molar-refractivity contribution in [3.05, 3.63) is 30.7 Å². The van der Waals surface area contributed by atoms with E-state index in [2.05, 4.69) is 9.97 Å². The van der Waals surface area contributed by atoms with Crippen molar-refractivity contribution in [3.63, 3.8) is 0 Å². The molecule has 0 fully saturated rings. The Bertz CT molecular complexity index is 671. The van der Waals surface area contributed by atoms with Crippen LogP contribution in [0.15, 0.2) is 30.7 Å². The molecule has 0 saturated carbocycles. The largest absolute Gasteiger partial charge is 0.495 e. The summed E-state index contributed by atoms with van der Waals surface area (Å²) in [6, 6.07) is 3.92.